The van der Waals surface area contributed by atoms with E-state index in [9.17, 15) is 24.9 Å². The zero-order valence-corrected chi connectivity index (χ0v) is 17.6. The Labute approximate surface area is 185 Å². The highest BCUT2D eigenvalue weighted by molar-refractivity contribution is 14.1. The number of amides is 1. The van der Waals surface area contributed by atoms with Gasteiger partial charge in [-0.2, -0.15) is 0 Å². The summed E-state index contributed by atoms with van der Waals surface area (Å²) in [5.41, 5.74) is 2.43. The van der Waals surface area contributed by atoms with Crippen molar-refractivity contribution in [2.75, 3.05) is 9.74 Å². The molecule has 1 unspecified atom stereocenters. The molecule has 1 aliphatic heterocycles. The Balaban J connectivity index is 2.05. The Hall–Kier alpha value is -3.27. The smallest absolute Gasteiger partial charge is 0.336 e. The molecule has 2 aliphatic rings. The fourth-order valence-corrected chi connectivity index (χ4v) is 3.76. The molecule has 0 spiro atoms. The molecule has 4 rings (SSSR count). The molecule has 1 atom stereocenters. The van der Waals surface area contributed by atoms with Gasteiger partial charge in [0.2, 0.25) is 5.91 Å². The molecule has 0 bridgehead atoms. The zero-order valence-electron chi connectivity index (χ0n) is 15.4. The van der Waals surface area contributed by atoms with Crippen molar-refractivity contribution in [2.24, 2.45) is 0 Å². The summed E-state index contributed by atoms with van der Waals surface area (Å²) in [6, 6.07) is 9.23. The lowest BCUT2D eigenvalue weighted by Crippen LogP contribution is -2.25. The van der Waals surface area contributed by atoms with E-state index in [-0.39, 0.29) is 27.4 Å². The minimum Gasteiger partial charge on any atom is -0.508 e. The first-order valence-corrected chi connectivity index (χ1v) is 10.5. The van der Waals surface area contributed by atoms with Crippen molar-refractivity contribution in [3.63, 3.8) is 0 Å². The van der Waals surface area contributed by atoms with Gasteiger partial charge < -0.3 is 25.4 Å². The number of carbonyl (C=O) groups excluding carboxylic acids is 1. The number of anilines is 1. The first-order valence-electron chi connectivity index (χ1n) is 8.94. The average Bonchev–Trinajstić information content (AvgIpc) is 2.71. The highest BCUT2D eigenvalue weighted by atomic mass is 127. The highest BCUT2D eigenvalue weighted by Crippen LogP contribution is 2.46. The fraction of sp³-hybridized carbons (Fsp3) is 0.0909. The number of aliphatic hydroxyl groups excluding tert-OH is 1. The van der Waals surface area contributed by atoms with Crippen LogP contribution in [0.4, 0.5) is 5.69 Å². The van der Waals surface area contributed by atoms with E-state index in [1.807, 2.05) is 22.6 Å². The summed E-state index contributed by atoms with van der Waals surface area (Å²) in [6.07, 6.45) is 3.96. The average molecular weight is 517 g/mol. The second-order valence-electron chi connectivity index (χ2n) is 6.69. The molecule has 0 aromatic heterocycles. The number of phenols is 1. The number of aromatic hydroxyl groups is 1. The zero-order chi connectivity index (χ0) is 21.4. The number of fused-ring (bicyclic) bond motifs is 2. The monoisotopic (exact) mass is 517 g/mol. The topological polar surface area (TPSA) is 116 Å². The number of benzene rings is 2. The van der Waals surface area contributed by atoms with E-state index < -0.39 is 12.1 Å². The summed E-state index contributed by atoms with van der Waals surface area (Å²) in [4.78, 5) is 24.2. The summed E-state index contributed by atoms with van der Waals surface area (Å²) in [5, 5.41) is 32.5. The van der Waals surface area contributed by atoms with E-state index in [0.717, 1.165) is 0 Å². The molecular weight excluding hydrogens is 501 g/mol. The van der Waals surface area contributed by atoms with Crippen molar-refractivity contribution in [2.45, 2.75) is 6.10 Å². The summed E-state index contributed by atoms with van der Waals surface area (Å²) >= 11 is 1.93. The molecular formula is C22H16INO6. The molecule has 8 heteroatoms. The van der Waals surface area contributed by atoms with Gasteiger partial charge in [0.1, 0.15) is 23.4 Å². The molecule has 2 aromatic carbocycles. The summed E-state index contributed by atoms with van der Waals surface area (Å²) in [5.74, 6) is -1.08. The van der Waals surface area contributed by atoms with Crippen molar-refractivity contribution in [3.05, 3.63) is 82.6 Å². The fourth-order valence-electron chi connectivity index (χ4n) is 3.57. The minimum absolute atomic E-state index is 0.00982. The lowest BCUT2D eigenvalue weighted by atomic mass is 9.83. The standard InChI is InChI=1S/C22H16INO6/c23-10-19(27)24-16-3-1-2-15(22(28)29)21(16)20-13-6-4-11(25)8-17(13)30-18-9-12(26)5-7-14(18)20/h1-9,17,25-26H,10H2,(H,24,27)(H,28,29). The second-order valence-corrected chi connectivity index (χ2v) is 7.45. The third kappa shape index (κ3) is 3.54. The van der Waals surface area contributed by atoms with E-state index in [4.69, 9.17) is 4.74 Å². The Morgan fingerprint density at radius 1 is 1.13 bits per heavy atom. The number of alkyl halides is 1. The van der Waals surface area contributed by atoms with Crippen LogP contribution in [-0.4, -0.2) is 37.7 Å². The molecule has 0 saturated heterocycles. The maximum absolute atomic E-state index is 12.1. The quantitative estimate of drug-likeness (QED) is 0.360. The van der Waals surface area contributed by atoms with Gasteiger partial charge in [-0.15, -0.1) is 0 Å². The lowest BCUT2D eigenvalue weighted by molar-refractivity contribution is -0.113. The van der Waals surface area contributed by atoms with Crippen LogP contribution in [0, 0.1) is 0 Å². The predicted octanol–water partition coefficient (Wildman–Crippen LogP) is 4.04. The first kappa shape index (κ1) is 20.0. The second kappa shape index (κ2) is 7.86. The molecule has 1 heterocycles. The van der Waals surface area contributed by atoms with Gasteiger partial charge in [0, 0.05) is 40.1 Å². The van der Waals surface area contributed by atoms with Crippen LogP contribution < -0.4 is 10.1 Å². The first-order chi connectivity index (χ1) is 14.4. The van der Waals surface area contributed by atoms with Crippen LogP contribution in [0.3, 0.4) is 0 Å². The highest BCUT2D eigenvalue weighted by Gasteiger charge is 2.32. The van der Waals surface area contributed by atoms with Crippen LogP contribution in [0.25, 0.3) is 5.57 Å². The number of phenolic OH excluding ortho intramolecular Hbond substituents is 1. The number of nitrogens with one attached hydrogen (secondary N) is 1. The van der Waals surface area contributed by atoms with E-state index in [1.165, 1.54) is 30.4 Å². The lowest BCUT2D eigenvalue weighted by Gasteiger charge is -2.31. The maximum atomic E-state index is 12.1. The third-order valence-electron chi connectivity index (χ3n) is 4.78. The molecule has 4 N–H and O–H groups in total. The SMILES string of the molecule is O=C(CI)Nc1cccc(C(=O)O)c1C1=C2C=CC(O)=CC2Oc2cc(O)ccc21. The van der Waals surface area contributed by atoms with Crippen molar-refractivity contribution in [1.29, 1.82) is 0 Å². The molecule has 0 radical (unpaired) electrons. The number of rotatable bonds is 4. The van der Waals surface area contributed by atoms with Crippen molar-refractivity contribution in [1.82, 2.24) is 0 Å². The van der Waals surface area contributed by atoms with Gasteiger partial charge in [-0.25, -0.2) is 4.79 Å². The summed E-state index contributed by atoms with van der Waals surface area (Å²) in [6.45, 7) is 0. The third-order valence-corrected chi connectivity index (χ3v) is 5.47. The molecule has 1 aliphatic carbocycles. The normalized spacial score (nSPS) is 16.8. The number of hydrogen-bond donors (Lipinski definition) is 4. The molecule has 2 aromatic rings. The summed E-state index contributed by atoms with van der Waals surface area (Å²) < 4.78 is 6.14. The molecule has 0 fully saturated rings. The van der Waals surface area contributed by atoms with Crippen LogP contribution in [0.1, 0.15) is 21.5 Å². The van der Waals surface area contributed by atoms with E-state index >= 15 is 0 Å². The van der Waals surface area contributed by atoms with Gasteiger partial charge >= 0.3 is 5.97 Å². The van der Waals surface area contributed by atoms with E-state index in [1.54, 1.807) is 24.3 Å². The van der Waals surface area contributed by atoms with Gasteiger partial charge in [0.05, 0.1) is 9.99 Å². The molecule has 152 valence electrons. The van der Waals surface area contributed by atoms with Gasteiger partial charge in [-0.3, -0.25) is 4.79 Å². The van der Waals surface area contributed by atoms with Crippen LogP contribution in [0.2, 0.25) is 0 Å². The van der Waals surface area contributed by atoms with Gasteiger partial charge in [0.25, 0.3) is 0 Å². The number of aliphatic hydroxyl groups is 1. The summed E-state index contributed by atoms with van der Waals surface area (Å²) in [7, 11) is 0. The Kier molecular flexibility index (Phi) is 5.25. The molecule has 0 saturated carbocycles. The van der Waals surface area contributed by atoms with Crippen molar-refractivity contribution in [3.8, 4) is 11.5 Å². The number of allylic oxidation sites excluding steroid dienone is 1. The molecule has 7 nitrogen and oxygen atoms in total. The van der Waals surface area contributed by atoms with Crippen LogP contribution >= 0.6 is 22.6 Å². The number of hydrogen-bond acceptors (Lipinski definition) is 5. The van der Waals surface area contributed by atoms with Crippen LogP contribution in [0.15, 0.2) is 66.0 Å². The maximum Gasteiger partial charge on any atom is 0.336 e. The van der Waals surface area contributed by atoms with Crippen molar-refractivity contribution < 1.29 is 29.6 Å². The minimum atomic E-state index is -1.15. The van der Waals surface area contributed by atoms with Gasteiger partial charge in [-0.1, -0.05) is 34.7 Å². The van der Waals surface area contributed by atoms with Crippen molar-refractivity contribution >= 4 is 45.7 Å². The largest absolute Gasteiger partial charge is 0.508 e. The number of ether oxygens (including phenoxy) is 1. The molecule has 1 amide bonds. The predicted molar refractivity (Wildman–Crippen MR) is 119 cm³/mol. The number of carbonyl (C=O) groups is 2. The number of halogens is 1. The van der Waals surface area contributed by atoms with Crippen LogP contribution in [0.5, 0.6) is 11.5 Å². The van der Waals surface area contributed by atoms with Crippen LogP contribution in [-0.2, 0) is 4.79 Å². The Morgan fingerprint density at radius 2 is 1.93 bits per heavy atom. The van der Waals surface area contributed by atoms with E-state index in [0.29, 0.717) is 33.7 Å². The van der Waals surface area contributed by atoms with Gasteiger partial charge in [-0.05, 0) is 30.3 Å². The number of carboxylic acid groups (broad SMARTS) is 1. The Morgan fingerprint density at radius 3 is 2.67 bits per heavy atom. The number of aromatic carboxylic acids is 1. The number of carboxylic acids is 1. The molecule has 30 heavy (non-hydrogen) atoms. The van der Waals surface area contributed by atoms with E-state index in [2.05, 4.69) is 5.32 Å². The Bertz CT molecular complexity index is 1160. The van der Waals surface area contributed by atoms with Gasteiger partial charge in [0.15, 0.2) is 0 Å².